The number of fused-ring (bicyclic) bond motifs is 1. The molecule has 182 valence electrons. The summed E-state index contributed by atoms with van der Waals surface area (Å²) in [6.45, 7) is -0.294. The van der Waals surface area contributed by atoms with Gasteiger partial charge in [0.15, 0.2) is 6.61 Å². The van der Waals surface area contributed by atoms with Gasteiger partial charge in [-0.3, -0.25) is 19.9 Å². The number of rotatable bonds is 9. The van der Waals surface area contributed by atoms with Crippen molar-refractivity contribution in [1.29, 1.82) is 0 Å². The van der Waals surface area contributed by atoms with Crippen molar-refractivity contribution in [2.24, 2.45) is 5.10 Å². The number of ether oxygens (including phenoxy) is 1. The van der Waals surface area contributed by atoms with Crippen LogP contribution in [0.5, 0.6) is 11.5 Å². The first-order valence-electron chi connectivity index (χ1n) is 10.4. The van der Waals surface area contributed by atoms with Gasteiger partial charge >= 0.3 is 10.1 Å². The number of nitrogens with zero attached hydrogens (tertiary/aromatic N) is 3. The van der Waals surface area contributed by atoms with Crippen molar-refractivity contribution in [2.75, 3.05) is 6.61 Å². The quantitative estimate of drug-likeness (QED) is 0.157. The fourth-order valence-corrected chi connectivity index (χ4v) is 4.08. The Hall–Kier alpha value is -4.84. The van der Waals surface area contributed by atoms with Crippen molar-refractivity contribution < 1.29 is 27.1 Å². The van der Waals surface area contributed by atoms with Gasteiger partial charge in [0.2, 0.25) is 0 Å². The minimum Gasteiger partial charge on any atom is -0.481 e. The molecule has 0 atom stereocenters. The largest absolute Gasteiger partial charge is 0.481 e. The van der Waals surface area contributed by atoms with Crippen LogP contribution in [0.25, 0.3) is 10.9 Å². The fraction of sp³-hybridized carbons (Fsp3) is 0.0417. The number of nitro benzene ring substituents is 1. The summed E-state index contributed by atoms with van der Waals surface area (Å²) in [5.41, 5.74) is 3.01. The predicted molar refractivity (Wildman–Crippen MR) is 130 cm³/mol. The summed E-state index contributed by atoms with van der Waals surface area (Å²) in [5.74, 6) is -0.0922. The second-order valence-electron chi connectivity index (χ2n) is 7.28. The molecule has 1 heterocycles. The van der Waals surface area contributed by atoms with Gasteiger partial charge in [-0.15, -0.1) is 0 Å². The highest BCUT2D eigenvalue weighted by Crippen LogP contribution is 2.23. The molecule has 4 rings (SSSR count). The molecule has 0 fully saturated rings. The van der Waals surface area contributed by atoms with Crippen LogP contribution in [-0.4, -0.2) is 37.1 Å². The van der Waals surface area contributed by atoms with Gasteiger partial charge in [-0.2, -0.15) is 13.5 Å². The van der Waals surface area contributed by atoms with Gasteiger partial charge in [-0.25, -0.2) is 5.43 Å². The van der Waals surface area contributed by atoms with Crippen molar-refractivity contribution in [3.8, 4) is 11.5 Å². The van der Waals surface area contributed by atoms with E-state index in [0.29, 0.717) is 16.8 Å². The Balaban J connectivity index is 1.36. The highest BCUT2D eigenvalue weighted by Gasteiger charge is 2.20. The van der Waals surface area contributed by atoms with E-state index in [1.165, 1.54) is 42.6 Å². The number of nitrogens with one attached hydrogen (secondary N) is 1. The maximum absolute atomic E-state index is 12.5. The average Bonchev–Trinajstić information content (AvgIpc) is 2.87. The molecule has 0 aliphatic rings. The Bertz CT molecular complexity index is 1570. The number of benzene rings is 3. The van der Waals surface area contributed by atoms with E-state index in [1.807, 2.05) is 12.1 Å². The van der Waals surface area contributed by atoms with Crippen LogP contribution < -0.4 is 14.3 Å². The molecule has 0 aliphatic carbocycles. The molecule has 1 N–H and O–H groups in total. The van der Waals surface area contributed by atoms with Gasteiger partial charge in [-0.1, -0.05) is 36.4 Å². The molecule has 36 heavy (non-hydrogen) atoms. The zero-order valence-electron chi connectivity index (χ0n) is 18.5. The van der Waals surface area contributed by atoms with Crippen LogP contribution in [-0.2, 0) is 14.9 Å². The summed E-state index contributed by atoms with van der Waals surface area (Å²) in [5, 5.41) is 15.6. The summed E-state index contributed by atoms with van der Waals surface area (Å²) in [6.07, 6.45) is 2.93. The van der Waals surface area contributed by atoms with Gasteiger partial charge in [0, 0.05) is 23.7 Å². The van der Waals surface area contributed by atoms with Crippen molar-refractivity contribution in [1.82, 2.24) is 10.4 Å². The molecule has 0 saturated carbocycles. The van der Waals surface area contributed by atoms with Crippen molar-refractivity contribution >= 4 is 38.8 Å². The van der Waals surface area contributed by atoms with E-state index in [1.54, 1.807) is 30.5 Å². The van der Waals surface area contributed by atoms with Gasteiger partial charge in [0.25, 0.3) is 11.6 Å². The number of aromatic nitrogens is 1. The molecule has 3 aromatic carbocycles. The maximum Gasteiger partial charge on any atom is 0.339 e. The maximum atomic E-state index is 12.5. The SMILES string of the molecule is O=C(COc1cccc2cccnc12)N/N=C\c1cccc(OS(=O)(=O)c2cccc([N+](=O)[O-])c2)c1. The molecule has 1 amide bonds. The number of hydrogen-bond donors (Lipinski definition) is 1. The van der Waals surface area contributed by atoms with Crippen molar-refractivity contribution in [3.05, 3.63) is 101 Å². The van der Waals surface area contributed by atoms with Gasteiger partial charge in [0.1, 0.15) is 21.9 Å². The summed E-state index contributed by atoms with van der Waals surface area (Å²) in [4.78, 5) is 26.2. The number of pyridine rings is 1. The monoisotopic (exact) mass is 506 g/mol. The van der Waals surface area contributed by atoms with E-state index < -0.39 is 20.9 Å². The zero-order chi connectivity index (χ0) is 25.5. The van der Waals surface area contributed by atoms with Crippen LogP contribution in [0.2, 0.25) is 0 Å². The fourth-order valence-electron chi connectivity index (χ4n) is 3.12. The summed E-state index contributed by atoms with van der Waals surface area (Å²) in [6, 6.07) is 19.5. The molecule has 0 radical (unpaired) electrons. The third-order valence-corrected chi connectivity index (χ3v) is 5.98. The number of carbonyl (C=O) groups excluding carboxylic acids is 1. The Morgan fingerprint density at radius 2 is 1.83 bits per heavy atom. The number of hydrogen-bond acceptors (Lipinski definition) is 9. The molecule has 0 bridgehead atoms. The van der Waals surface area contributed by atoms with Crippen LogP contribution in [0.4, 0.5) is 5.69 Å². The van der Waals surface area contributed by atoms with Crippen molar-refractivity contribution in [3.63, 3.8) is 0 Å². The van der Waals surface area contributed by atoms with Crippen LogP contribution in [0.3, 0.4) is 0 Å². The standard InChI is InChI=1S/C24H18N4O7S/c29-23(16-34-22-11-2-6-18-7-4-12-25-24(18)22)27-26-15-17-5-1-9-20(13-17)35-36(32,33)21-10-3-8-19(14-21)28(30)31/h1-15H,16H2,(H,27,29)/b26-15-. The molecule has 0 spiro atoms. The number of amides is 1. The topological polar surface area (TPSA) is 150 Å². The highest BCUT2D eigenvalue weighted by molar-refractivity contribution is 7.87. The number of nitro groups is 1. The number of hydrazone groups is 1. The average molecular weight is 506 g/mol. The highest BCUT2D eigenvalue weighted by atomic mass is 32.2. The smallest absolute Gasteiger partial charge is 0.339 e. The van der Waals surface area contributed by atoms with Gasteiger partial charge < -0.3 is 8.92 Å². The lowest BCUT2D eigenvalue weighted by Crippen LogP contribution is -2.24. The Morgan fingerprint density at radius 1 is 1.06 bits per heavy atom. The lowest BCUT2D eigenvalue weighted by Gasteiger charge is -2.08. The second kappa shape index (κ2) is 10.6. The van der Waals surface area contributed by atoms with Gasteiger partial charge in [0.05, 0.1) is 11.1 Å². The minimum absolute atomic E-state index is 0.0384. The van der Waals surface area contributed by atoms with E-state index in [4.69, 9.17) is 8.92 Å². The summed E-state index contributed by atoms with van der Waals surface area (Å²) >= 11 is 0. The Morgan fingerprint density at radius 3 is 2.67 bits per heavy atom. The first-order valence-corrected chi connectivity index (χ1v) is 11.8. The first kappa shape index (κ1) is 24.3. The number of non-ortho nitro benzene ring substituents is 1. The Labute approximate surface area is 205 Å². The predicted octanol–water partition coefficient (Wildman–Crippen LogP) is 3.44. The molecule has 0 saturated heterocycles. The van der Waals surface area contributed by atoms with E-state index >= 15 is 0 Å². The van der Waals surface area contributed by atoms with Crippen LogP contribution in [0.15, 0.2) is 95.1 Å². The van der Waals surface area contributed by atoms with Crippen LogP contribution in [0, 0.1) is 10.1 Å². The zero-order valence-corrected chi connectivity index (χ0v) is 19.3. The number of para-hydroxylation sites is 1. The van der Waals surface area contributed by atoms with E-state index in [0.717, 1.165) is 11.5 Å². The first-order chi connectivity index (χ1) is 17.3. The third kappa shape index (κ3) is 5.98. The molecular formula is C24H18N4O7S. The van der Waals surface area contributed by atoms with E-state index in [2.05, 4.69) is 15.5 Å². The van der Waals surface area contributed by atoms with Crippen molar-refractivity contribution in [2.45, 2.75) is 4.90 Å². The van der Waals surface area contributed by atoms with Crippen LogP contribution in [0.1, 0.15) is 5.56 Å². The molecular weight excluding hydrogens is 488 g/mol. The molecule has 11 nitrogen and oxygen atoms in total. The lowest BCUT2D eigenvalue weighted by molar-refractivity contribution is -0.385. The molecule has 1 aromatic heterocycles. The third-order valence-electron chi connectivity index (χ3n) is 4.74. The molecule has 4 aromatic rings. The lowest BCUT2D eigenvalue weighted by atomic mass is 10.2. The Kier molecular flexibility index (Phi) is 7.16. The summed E-state index contributed by atoms with van der Waals surface area (Å²) in [7, 11) is -4.31. The molecule has 0 aliphatic heterocycles. The van der Waals surface area contributed by atoms with E-state index in [9.17, 15) is 23.3 Å². The molecule has 0 unspecified atom stereocenters. The van der Waals surface area contributed by atoms with E-state index in [-0.39, 0.29) is 22.9 Å². The minimum atomic E-state index is -4.31. The second-order valence-corrected chi connectivity index (χ2v) is 8.82. The van der Waals surface area contributed by atoms with Crippen LogP contribution >= 0.6 is 0 Å². The normalized spacial score (nSPS) is 11.3. The number of carbonyl (C=O) groups is 1. The molecule has 12 heteroatoms. The van der Waals surface area contributed by atoms with Gasteiger partial charge in [-0.05, 0) is 35.9 Å². The summed E-state index contributed by atoms with van der Waals surface area (Å²) < 4.78 is 35.6.